The number of thiophene rings is 1. The van der Waals surface area contributed by atoms with Gasteiger partial charge in [-0.2, -0.15) is 0 Å². The first-order valence-corrected chi connectivity index (χ1v) is 9.23. The minimum Gasteiger partial charge on any atom is -0.339 e. The number of piperidine rings is 1. The van der Waals surface area contributed by atoms with Crippen molar-refractivity contribution >= 4 is 27.5 Å². The maximum atomic E-state index is 12.9. The summed E-state index contributed by atoms with van der Waals surface area (Å²) in [5, 5.41) is 1.75. The quantitative estimate of drug-likeness (QED) is 0.767. The number of hydrogen-bond acceptors (Lipinski definition) is 5. The van der Waals surface area contributed by atoms with E-state index >= 15 is 0 Å². The maximum absolute atomic E-state index is 12.9. The van der Waals surface area contributed by atoms with Gasteiger partial charge >= 0.3 is 0 Å². The number of amides is 1. The number of pyridine rings is 1. The average molecular weight is 354 g/mol. The highest BCUT2D eigenvalue weighted by atomic mass is 32.1. The Hall–Kier alpha value is -2.54. The number of aromatic amines is 1. The number of hydrogen-bond donors (Lipinski definition) is 1. The summed E-state index contributed by atoms with van der Waals surface area (Å²) in [6, 6.07) is 5.42. The zero-order valence-corrected chi connectivity index (χ0v) is 14.7. The van der Waals surface area contributed by atoms with Crippen LogP contribution >= 0.6 is 11.3 Å². The second-order valence-corrected chi connectivity index (χ2v) is 7.31. The Labute approximate surface area is 148 Å². The first kappa shape index (κ1) is 16.0. The second kappa shape index (κ2) is 6.40. The highest BCUT2D eigenvalue weighted by Gasteiger charge is 2.25. The van der Waals surface area contributed by atoms with Gasteiger partial charge in [-0.25, -0.2) is 4.98 Å². The molecule has 25 heavy (non-hydrogen) atoms. The summed E-state index contributed by atoms with van der Waals surface area (Å²) in [6.07, 6.45) is 3.68. The molecule has 7 heteroatoms. The normalized spacial score (nSPS) is 15.6. The predicted octanol–water partition coefficient (Wildman–Crippen LogP) is 2.92. The third-order valence-corrected chi connectivity index (χ3v) is 5.60. The van der Waals surface area contributed by atoms with Gasteiger partial charge in [0.2, 0.25) is 0 Å². The molecule has 3 aromatic rings. The standard InChI is InChI=1S/C18H18N4O2S/c1-11-5-8-22(9-6-11)18(24)12-10-25-15-14(12)20-16(21-17(15)23)13-4-2-3-7-19-13/h2-4,7,10-11H,5-6,8-9H2,1H3,(H,20,21,23). The maximum Gasteiger partial charge on any atom is 0.269 e. The van der Waals surface area contributed by atoms with Crippen molar-refractivity contribution in [1.82, 2.24) is 19.9 Å². The lowest BCUT2D eigenvalue weighted by atomic mass is 9.99. The van der Waals surface area contributed by atoms with Crippen LogP contribution in [0.15, 0.2) is 34.6 Å². The van der Waals surface area contributed by atoms with Crippen LogP contribution in [0.2, 0.25) is 0 Å². The van der Waals surface area contributed by atoms with Crippen molar-refractivity contribution in [2.24, 2.45) is 5.92 Å². The van der Waals surface area contributed by atoms with Crippen LogP contribution in [-0.2, 0) is 0 Å². The molecule has 4 heterocycles. The van der Waals surface area contributed by atoms with Crippen LogP contribution in [0.4, 0.5) is 0 Å². The fraction of sp³-hybridized carbons (Fsp3) is 0.333. The van der Waals surface area contributed by atoms with Crippen molar-refractivity contribution in [3.63, 3.8) is 0 Å². The first-order chi connectivity index (χ1) is 12.1. The number of H-pyrrole nitrogens is 1. The summed E-state index contributed by atoms with van der Waals surface area (Å²) < 4.78 is 0.480. The molecule has 128 valence electrons. The molecule has 1 amide bonds. The Bertz CT molecular complexity index is 972. The number of aromatic nitrogens is 3. The molecule has 1 saturated heterocycles. The number of carbonyl (C=O) groups is 1. The van der Waals surface area contributed by atoms with E-state index in [0.717, 1.165) is 25.9 Å². The van der Waals surface area contributed by atoms with Crippen LogP contribution in [0.25, 0.3) is 21.7 Å². The van der Waals surface area contributed by atoms with E-state index in [1.165, 1.54) is 11.3 Å². The third kappa shape index (κ3) is 2.95. The second-order valence-electron chi connectivity index (χ2n) is 6.43. The predicted molar refractivity (Wildman–Crippen MR) is 97.8 cm³/mol. The molecule has 1 aliphatic heterocycles. The molecule has 0 atom stereocenters. The molecule has 0 saturated carbocycles. The summed E-state index contributed by atoms with van der Waals surface area (Å²) in [5.74, 6) is 1.00. The molecule has 1 aliphatic rings. The molecule has 0 bridgehead atoms. The summed E-state index contributed by atoms with van der Waals surface area (Å²) in [5.41, 5.74) is 1.33. The Morgan fingerprint density at radius 3 is 2.84 bits per heavy atom. The largest absolute Gasteiger partial charge is 0.339 e. The van der Waals surface area contributed by atoms with Gasteiger partial charge in [-0.3, -0.25) is 14.6 Å². The Morgan fingerprint density at radius 1 is 1.32 bits per heavy atom. The molecule has 0 radical (unpaired) electrons. The summed E-state index contributed by atoms with van der Waals surface area (Å²) >= 11 is 1.26. The molecule has 0 unspecified atom stereocenters. The smallest absolute Gasteiger partial charge is 0.269 e. The van der Waals surface area contributed by atoms with E-state index in [1.807, 2.05) is 11.0 Å². The Kier molecular flexibility index (Phi) is 4.09. The van der Waals surface area contributed by atoms with Crippen LogP contribution in [-0.4, -0.2) is 38.8 Å². The van der Waals surface area contributed by atoms with Crippen molar-refractivity contribution in [3.05, 3.63) is 45.7 Å². The molecule has 0 aliphatic carbocycles. The molecule has 1 fully saturated rings. The molecule has 0 spiro atoms. The number of nitrogens with zero attached hydrogens (tertiary/aromatic N) is 3. The van der Waals surface area contributed by atoms with E-state index in [-0.39, 0.29) is 11.5 Å². The number of fused-ring (bicyclic) bond motifs is 1. The van der Waals surface area contributed by atoms with Gasteiger partial charge in [0.25, 0.3) is 11.5 Å². The molecule has 1 N–H and O–H groups in total. The van der Waals surface area contributed by atoms with Gasteiger partial charge in [0.15, 0.2) is 5.82 Å². The number of nitrogens with one attached hydrogen (secondary N) is 1. The van der Waals surface area contributed by atoms with Crippen molar-refractivity contribution in [2.75, 3.05) is 13.1 Å². The highest BCUT2D eigenvalue weighted by Crippen LogP contribution is 2.26. The van der Waals surface area contributed by atoms with Crippen LogP contribution in [0.5, 0.6) is 0 Å². The molecule has 3 aromatic heterocycles. The van der Waals surface area contributed by atoms with E-state index in [9.17, 15) is 9.59 Å². The molecule has 6 nitrogen and oxygen atoms in total. The van der Waals surface area contributed by atoms with E-state index in [1.54, 1.807) is 23.7 Å². The van der Waals surface area contributed by atoms with Gasteiger partial charge in [-0.05, 0) is 30.9 Å². The highest BCUT2D eigenvalue weighted by molar-refractivity contribution is 7.17. The lowest BCUT2D eigenvalue weighted by Crippen LogP contribution is -2.37. The minimum atomic E-state index is -0.234. The van der Waals surface area contributed by atoms with Gasteiger partial charge < -0.3 is 9.88 Å². The third-order valence-electron chi connectivity index (χ3n) is 4.64. The zero-order valence-electron chi connectivity index (χ0n) is 13.9. The number of rotatable bonds is 2. The zero-order chi connectivity index (χ0) is 17.4. The minimum absolute atomic E-state index is 0.0387. The molecule has 4 rings (SSSR count). The number of carbonyl (C=O) groups excluding carboxylic acids is 1. The average Bonchev–Trinajstić information content (AvgIpc) is 3.07. The van der Waals surface area contributed by atoms with Crippen molar-refractivity contribution in [2.45, 2.75) is 19.8 Å². The summed E-state index contributed by atoms with van der Waals surface area (Å²) in [7, 11) is 0. The van der Waals surface area contributed by atoms with E-state index in [4.69, 9.17) is 0 Å². The SMILES string of the molecule is CC1CCN(C(=O)c2csc3c(=O)[nH]c(-c4ccccn4)nc23)CC1. The van der Waals surface area contributed by atoms with Crippen molar-refractivity contribution < 1.29 is 4.79 Å². The molecular formula is C18H18N4O2S. The van der Waals surface area contributed by atoms with Gasteiger partial charge in [0.1, 0.15) is 15.9 Å². The fourth-order valence-corrected chi connectivity index (χ4v) is 3.96. The van der Waals surface area contributed by atoms with Crippen molar-refractivity contribution in [1.29, 1.82) is 0 Å². The summed E-state index contributed by atoms with van der Waals surface area (Å²) in [6.45, 7) is 3.73. The monoisotopic (exact) mass is 354 g/mol. The first-order valence-electron chi connectivity index (χ1n) is 8.35. The van der Waals surface area contributed by atoms with E-state index in [2.05, 4.69) is 21.9 Å². The topological polar surface area (TPSA) is 79.0 Å². The number of likely N-dealkylation sites (tertiary alicyclic amines) is 1. The van der Waals surface area contributed by atoms with Gasteiger partial charge in [-0.15, -0.1) is 11.3 Å². The lowest BCUT2D eigenvalue weighted by molar-refractivity contribution is 0.0699. The van der Waals surface area contributed by atoms with Gasteiger partial charge in [-0.1, -0.05) is 13.0 Å². The molecular weight excluding hydrogens is 336 g/mol. The van der Waals surface area contributed by atoms with Gasteiger partial charge in [0, 0.05) is 24.7 Å². The van der Waals surface area contributed by atoms with E-state index in [0.29, 0.717) is 33.2 Å². The fourth-order valence-electron chi connectivity index (χ4n) is 3.09. The van der Waals surface area contributed by atoms with Gasteiger partial charge in [0.05, 0.1) is 5.56 Å². The Morgan fingerprint density at radius 2 is 2.12 bits per heavy atom. The van der Waals surface area contributed by atoms with E-state index < -0.39 is 0 Å². The molecule has 0 aromatic carbocycles. The Balaban J connectivity index is 1.76. The summed E-state index contributed by atoms with van der Waals surface area (Å²) in [4.78, 5) is 38.7. The van der Waals surface area contributed by atoms with Crippen LogP contribution in [0, 0.1) is 5.92 Å². The van der Waals surface area contributed by atoms with Crippen LogP contribution in [0.3, 0.4) is 0 Å². The van der Waals surface area contributed by atoms with Crippen molar-refractivity contribution in [3.8, 4) is 11.5 Å². The van der Waals surface area contributed by atoms with Crippen LogP contribution in [0.1, 0.15) is 30.1 Å². The lowest BCUT2D eigenvalue weighted by Gasteiger charge is -2.30. The van der Waals surface area contributed by atoms with Crippen LogP contribution < -0.4 is 5.56 Å².